The Morgan fingerprint density at radius 3 is 2.10 bits per heavy atom. The van der Waals surface area contributed by atoms with E-state index in [2.05, 4.69) is 5.32 Å². The molecule has 3 aromatic rings. The molecule has 0 radical (unpaired) electrons. The van der Waals surface area contributed by atoms with E-state index >= 15 is 0 Å². The number of carboxylic acid groups (broad SMARTS) is 1. The smallest absolute Gasteiger partial charge is 0.336 e. The number of hydrogen-bond acceptors (Lipinski definition) is 4. The van der Waals surface area contributed by atoms with Gasteiger partial charge in [0.25, 0.3) is 0 Å². The van der Waals surface area contributed by atoms with E-state index in [1.807, 2.05) is 48.5 Å². The Balaban J connectivity index is 1.74. The van der Waals surface area contributed by atoms with Crippen LogP contribution in [0.4, 0.5) is 15.8 Å². The largest absolute Gasteiger partial charge is 0.479 e. The van der Waals surface area contributed by atoms with E-state index in [-0.39, 0.29) is 0 Å². The van der Waals surface area contributed by atoms with E-state index in [1.165, 1.54) is 29.3 Å². The predicted octanol–water partition coefficient (Wildman–Crippen LogP) is 4.03. The molecule has 4 rings (SSSR count). The maximum Gasteiger partial charge on any atom is 0.336 e. The molecule has 0 bridgehead atoms. The van der Waals surface area contributed by atoms with Crippen molar-refractivity contribution in [3.8, 4) is 0 Å². The average Bonchev–Trinajstić information content (AvgIpc) is 3.18. The number of nitrogens with one attached hydrogen (secondary N) is 1. The first-order valence-electron chi connectivity index (χ1n) is 9.40. The van der Waals surface area contributed by atoms with Gasteiger partial charge in [-0.2, -0.15) is 0 Å². The molecule has 1 aliphatic rings. The summed E-state index contributed by atoms with van der Waals surface area (Å²) in [7, 11) is 0. The fourth-order valence-electron chi connectivity index (χ4n) is 3.59. The second kappa shape index (κ2) is 8.34. The van der Waals surface area contributed by atoms with Crippen LogP contribution in [0.15, 0.2) is 84.9 Å². The van der Waals surface area contributed by atoms with Crippen LogP contribution >= 0.6 is 0 Å². The van der Waals surface area contributed by atoms with Crippen molar-refractivity contribution < 1.29 is 23.9 Å². The first kappa shape index (κ1) is 19.6. The number of nitrogens with zero attached hydrogens (tertiary/aromatic N) is 1. The second-order valence-corrected chi connectivity index (χ2v) is 6.90. The number of carboxylic acids is 1. The minimum absolute atomic E-state index is 0.371. The normalized spacial score (nSPS) is 20.7. The molecule has 1 amide bonds. The van der Waals surface area contributed by atoms with Crippen LogP contribution < -0.4 is 10.4 Å². The maximum absolute atomic E-state index is 13.2. The van der Waals surface area contributed by atoms with Crippen molar-refractivity contribution in [2.75, 3.05) is 10.4 Å². The first-order chi connectivity index (χ1) is 14.5. The van der Waals surface area contributed by atoms with Crippen molar-refractivity contribution in [3.05, 3.63) is 96.3 Å². The van der Waals surface area contributed by atoms with E-state index in [0.29, 0.717) is 11.4 Å². The summed E-state index contributed by atoms with van der Waals surface area (Å²) in [6.07, 6.45) is -1.39. The van der Waals surface area contributed by atoms with Gasteiger partial charge in [-0.1, -0.05) is 48.5 Å². The van der Waals surface area contributed by atoms with E-state index in [4.69, 9.17) is 4.84 Å². The quantitative estimate of drug-likeness (QED) is 0.669. The number of para-hydroxylation sites is 1. The molecule has 0 spiro atoms. The van der Waals surface area contributed by atoms with Crippen LogP contribution in [0, 0.1) is 11.7 Å². The van der Waals surface area contributed by atoms with Gasteiger partial charge in [0.05, 0.1) is 11.7 Å². The van der Waals surface area contributed by atoms with Crippen LogP contribution in [0.2, 0.25) is 0 Å². The van der Waals surface area contributed by atoms with Gasteiger partial charge in [-0.05, 0) is 42.0 Å². The number of anilines is 2. The molecule has 1 saturated heterocycles. The molecular weight excluding hydrogens is 387 g/mol. The first-order valence-corrected chi connectivity index (χ1v) is 9.40. The Bertz CT molecular complexity index is 1030. The number of halogens is 1. The van der Waals surface area contributed by atoms with Crippen LogP contribution in [0.5, 0.6) is 0 Å². The summed E-state index contributed by atoms with van der Waals surface area (Å²) in [5.41, 5.74) is 1.74. The average molecular weight is 406 g/mol. The SMILES string of the molecule is O=C(Nc1ccc(F)cc1)[C@@H]1[C@@H](c2ccccc2)N(c2ccccc2)O[C@H]1C(=O)O. The van der Waals surface area contributed by atoms with Gasteiger partial charge in [0.2, 0.25) is 5.91 Å². The topological polar surface area (TPSA) is 78.9 Å². The van der Waals surface area contributed by atoms with Crippen molar-refractivity contribution in [1.82, 2.24) is 0 Å². The molecule has 1 heterocycles. The lowest BCUT2D eigenvalue weighted by Crippen LogP contribution is -2.37. The summed E-state index contributed by atoms with van der Waals surface area (Å²) in [4.78, 5) is 31.0. The second-order valence-electron chi connectivity index (χ2n) is 6.90. The number of aliphatic carboxylic acids is 1. The summed E-state index contributed by atoms with van der Waals surface area (Å²) >= 11 is 0. The summed E-state index contributed by atoms with van der Waals surface area (Å²) in [5, 5.41) is 14.0. The number of carbonyl (C=O) groups is 2. The number of carbonyl (C=O) groups excluding carboxylic acids is 1. The van der Waals surface area contributed by atoms with Crippen molar-refractivity contribution in [3.63, 3.8) is 0 Å². The van der Waals surface area contributed by atoms with Gasteiger partial charge in [0, 0.05) is 5.69 Å². The predicted molar refractivity (Wildman–Crippen MR) is 109 cm³/mol. The number of rotatable bonds is 5. The fraction of sp³-hybridized carbons (Fsp3) is 0.130. The molecule has 0 aliphatic carbocycles. The highest BCUT2D eigenvalue weighted by atomic mass is 19.1. The Morgan fingerprint density at radius 2 is 1.50 bits per heavy atom. The molecule has 30 heavy (non-hydrogen) atoms. The fourth-order valence-corrected chi connectivity index (χ4v) is 3.59. The highest BCUT2D eigenvalue weighted by Crippen LogP contribution is 2.43. The molecule has 3 atom stereocenters. The van der Waals surface area contributed by atoms with E-state index in [0.717, 1.165) is 5.56 Å². The number of benzene rings is 3. The molecule has 0 aromatic heterocycles. The van der Waals surface area contributed by atoms with Crippen molar-refractivity contribution in [1.29, 1.82) is 0 Å². The van der Waals surface area contributed by atoms with Gasteiger partial charge >= 0.3 is 5.97 Å². The Kier molecular flexibility index (Phi) is 5.45. The van der Waals surface area contributed by atoms with E-state index in [9.17, 15) is 19.1 Å². The minimum atomic E-state index is -1.39. The third-order valence-electron chi connectivity index (χ3n) is 4.96. The molecule has 0 saturated carbocycles. The molecule has 1 aliphatic heterocycles. The van der Waals surface area contributed by atoms with Gasteiger partial charge in [-0.25, -0.2) is 14.2 Å². The van der Waals surface area contributed by atoms with Gasteiger partial charge < -0.3 is 10.4 Å². The van der Waals surface area contributed by atoms with Crippen molar-refractivity contribution in [2.24, 2.45) is 5.92 Å². The summed E-state index contributed by atoms with van der Waals surface area (Å²) < 4.78 is 13.2. The van der Waals surface area contributed by atoms with E-state index < -0.39 is 35.8 Å². The zero-order valence-corrected chi connectivity index (χ0v) is 15.8. The van der Waals surface area contributed by atoms with Gasteiger partial charge in [0.15, 0.2) is 6.10 Å². The van der Waals surface area contributed by atoms with Crippen molar-refractivity contribution in [2.45, 2.75) is 12.1 Å². The Hall–Kier alpha value is -3.71. The maximum atomic E-state index is 13.2. The Morgan fingerprint density at radius 1 is 0.900 bits per heavy atom. The van der Waals surface area contributed by atoms with Crippen LogP contribution in [0.1, 0.15) is 11.6 Å². The third kappa shape index (κ3) is 3.88. The lowest BCUT2D eigenvalue weighted by molar-refractivity contribution is -0.151. The Labute approximate surface area is 172 Å². The molecule has 2 N–H and O–H groups in total. The summed E-state index contributed by atoms with van der Waals surface area (Å²) in [6.45, 7) is 0. The summed E-state index contributed by atoms with van der Waals surface area (Å²) in [6, 6.07) is 22.8. The molecule has 7 heteroatoms. The van der Waals surface area contributed by atoms with Gasteiger partial charge in [-0.3, -0.25) is 9.63 Å². The number of amides is 1. The summed E-state index contributed by atoms with van der Waals surface area (Å²) in [5.74, 6) is -3.25. The lowest BCUT2D eigenvalue weighted by Gasteiger charge is -2.27. The van der Waals surface area contributed by atoms with E-state index in [1.54, 1.807) is 12.1 Å². The zero-order chi connectivity index (χ0) is 21.1. The molecule has 6 nitrogen and oxygen atoms in total. The molecule has 3 aromatic carbocycles. The highest BCUT2D eigenvalue weighted by molar-refractivity contribution is 5.97. The van der Waals surface area contributed by atoms with Crippen LogP contribution in [-0.2, 0) is 14.4 Å². The molecule has 152 valence electrons. The van der Waals surface area contributed by atoms with Gasteiger partial charge in [-0.15, -0.1) is 0 Å². The molecular formula is C23H19FN2O4. The van der Waals surface area contributed by atoms with Crippen LogP contribution in [0.3, 0.4) is 0 Å². The lowest BCUT2D eigenvalue weighted by atomic mass is 9.88. The number of hydrogen-bond donors (Lipinski definition) is 2. The standard InChI is InChI=1S/C23H19FN2O4/c24-16-11-13-17(14-12-16)25-22(27)19-20(15-7-3-1-4-8-15)26(30-21(19)23(28)29)18-9-5-2-6-10-18/h1-14,19-21H,(H,25,27)(H,28,29)/t19-,20-,21-/m1/s1. The minimum Gasteiger partial charge on any atom is -0.479 e. The van der Waals surface area contributed by atoms with Crippen molar-refractivity contribution >= 4 is 23.3 Å². The molecule has 0 unspecified atom stereocenters. The molecule has 1 fully saturated rings. The van der Waals surface area contributed by atoms with Crippen LogP contribution in [0.25, 0.3) is 0 Å². The third-order valence-corrected chi connectivity index (χ3v) is 4.96. The highest BCUT2D eigenvalue weighted by Gasteiger charge is 2.52. The zero-order valence-electron chi connectivity index (χ0n) is 15.8. The van der Waals surface area contributed by atoms with Crippen LogP contribution in [-0.4, -0.2) is 23.1 Å². The number of hydroxylamine groups is 1. The monoisotopic (exact) mass is 406 g/mol. The van der Waals surface area contributed by atoms with Gasteiger partial charge in [0.1, 0.15) is 11.7 Å².